The number of alkyl halides is 5. The molecule has 1 saturated carbocycles. The number of rotatable bonds is 9. The molecule has 1 aliphatic carbocycles. The first-order valence-electron chi connectivity index (χ1n) is 11.9. The third-order valence-electron chi connectivity index (χ3n) is 6.77. The van der Waals surface area contributed by atoms with Gasteiger partial charge in [0, 0.05) is 25.4 Å². The van der Waals surface area contributed by atoms with Crippen molar-refractivity contribution in [2.24, 2.45) is 18.9 Å². The Morgan fingerprint density at radius 1 is 1.24 bits per heavy atom. The Balaban J connectivity index is 1.79. The summed E-state index contributed by atoms with van der Waals surface area (Å²) >= 11 is 6.44. The van der Waals surface area contributed by atoms with Gasteiger partial charge in [0.2, 0.25) is 0 Å². The molecule has 0 spiro atoms. The molecule has 2 aromatic rings. The van der Waals surface area contributed by atoms with E-state index in [9.17, 15) is 35.2 Å². The summed E-state index contributed by atoms with van der Waals surface area (Å²) in [6.07, 6.45) is -1.39. The predicted molar refractivity (Wildman–Crippen MR) is 132 cm³/mol. The monoisotopic (exact) mass is 585 g/mol. The lowest BCUT2D eigenvalue weighted by atomic mass is 9.89. The highest BCUT2D eigenvalue weighted by Crippen LogP contribution is 2.39. The van der Waals surface area contributed by atoms with Gasteiger partial charge in [-0.25, -0.2) is 8.42 Å². The molecule has 0 bridgehead atoms. The Morgan fingerprint density at radius 2 is 1.87 bits per heavy atom. The molecule has 1 aliphatic rings. The molecule has 14 heteroatoms. The fourth-order valence-corrected chi connectivity index (χ4v) is 6.05. The highest BCUT2D eigenvalue weighted by molar-refractivity contribution is 7.91. The van der Waals surface area contributed by atoms with Gasteiger partial charge in [-0.15, -0.1) is 0 Å². The number of sulfone groups is 1. The summed E-state index contributed by atoms with van der Waals surface area (Å²) < 4.78 is 94.5. The number of aromatic nitrogens is 2. The van der Waals surface area contributed by atoms with Gasteiger partial charge in [0.25, 0.3) is 5.91 Å². The van der Waals surface area contributed by atoms with Crippen LogP contribution in [0, 0.1) is 11.8 Å². The molecule has 1 aromatic heterocycles. The summed E-state index contributed by atoms with van der Waals surface area (Å²) in [5, 5.41) is 6.34. The van der Waals surface area contributed by atoms with Crippen LogP contribution in [0.1, 0.15) is 48.7 Å². The summed E-state index contributed by atoms with van der Waals surface area (Å²) in [5.41, 5.74) is 0.0891. The standard InChI is InChI=1S/C24H29ClF5N3O4S/c1-13(24(28,29)30)10-15-6-9-17(18(11-15)37-23(26)27)21-19(25)20(32-33(21)2)22(34)31-12-14-4-7-16(8-5-14)38(3,35)36/h6,9,11,13-14,16,23H,4-5,7-8,10,12H2,1-3H3,(H,31,34)/t13-,14?,16?/m1/s1. The van der Waals surface area contributed by atoms with Crippen LogP contribution >= 0.6 is 11.6 Å². The van der Waals surface area contributed by atoms with Gasteiger partial charge in [-0.2, -0.15) is 27.1 Å². The number of hydrogen-bond donors (Lipinski definition) is 1. The molecule has 1 heterocycles. The molecule has 1 amide bonds. The molecule has 1 N–H and O–H groups in total. The molecule has 1 aromatic carbocycles. The Hall–Kier alpha value is -2.41. The number of carbonyl (C=O) groups excluding carboxylic acids is 1. The number of aryl methyl sites for hydroxylation is 1. The Kier molecular flexibility index (Phi) is 9.33. The van der Waals surface area contributed by atoms with E-state index in [2.05, 4.69) is 15.2 Å². The zero-order valence-corrected chi connectivity index (χ0v) is 22.6. The first kappa shape index (κ1) is 30.1. The fourth-order valence-electron chi connectivity index (χ4n) is 4.57. The first-order chi connectivity index (χ1) is 17.6. The van der Waals surface area contributed by atoms with E-state index >= 15 is 0 Å². The van der Waals surface area contributed by atoms with Crippen molar-refractivity contribution in [3.8, 4) is 17.0 Å². The lowest BCUT2D eigenvalue weighted by Gasteiger charge is -2.27. The van der Waals surface area contributed by atoms with Gasteiger partial charge in [-0.3, -0.25) is 9.48 Å². The average molecular weight is 586 g/mol. The predicted octanol–water partition coefficient (Wildman–Crippen LogP) is 5.42. The van der Waals surface area contributed by atoms with Crippen molar-refractivity contribution in [1.82, 2.24) is 15.1 Å². The molecule has 3 rings (SSSR count). The van der Waals surface area contributed by atoms with E-state index in [1.807, 2.05) is 0 Å². The van der Waals surface area contributed by atoms with E-state index in [1.54, 1.807) is 0 Å². The van der Waals surface area contributed by atoms with Crippen molar-refractivity contribution in [2.75, 3.05) is 12.8 Å². The van der Waals surface area contributed by atoms with Gasteiger partial charge in [0.1, 0.15) is 15.6 Å². The van der Waals surface area contributed by atoms with Crippen molar-refractivity contribution in [3.05, 3.63) is 34.5 Å². The van der Waals surface area contributed by atoms with Crippen LogP contribution in [0.25, 0.3) is 11.3 Å². The second-order valence-corrected chi connectivity index (χ2v) is 12.4. The van der Waals surface area contributed by atoms with E-state index in [4.69, 9.17) is 11.6 Å². The summed E-state index contributed by atoms with van der Waals surface area (Å²) in [5.74, 6) is -2.62. The van der Waals surface area contributed by atoms with E-state index in [0.29, 0.717) is 25.7 Å². The van der Waals surface area contributed by atoms with Crippen LogP contribution in [0.15, 0.2) is 18.2 Å². The third kappa shape index (κ3) is 7.37. The van der Waals surface area contributed by atoms with Crippen molar-refractivity contribution < 1.29 is 39.9 Å². The van der Waals surface area contributed by atoms with Gasteiger partial charge in [-0.05, 0) is 55.7 Å². The lowest BCUT2D eigenvalue weighted by molar-refractivity contribution is -0.169. The van der Waals surface area contributed by atoms with E-state index < -0.39 is 46.6 Å². The molecule has 0 radical (unpaired) electrons. The Labute approximate surface area is 222 Å². The van der Waals surface area contributed by atoms with Gasteiger partial charge < -0.3 is 10.1 Å². The minimum atomic E-state index is -4.46. The maximum absolute atomic E-state index is 13.1. The largest absolute Gasteiger partial charge is 0.434 e. The third-order valence-corrected chi connectivity index (χ3v) is 8.81. The lowest BCUT2D eigenvalue weighted by Crippen LogP contribution is -2.34. The highest BCUT2D eigenvalue weighted by atomic mass is 35.5. The summed E-state index contributed by atoms with van der Waals surface area (Å²) in [6, 6.07) is 3.76. The summed E-state index contributed by atoms with van der Waals surface area (Å²) in [7, 11) is -1.67. The number of hydrogen-bond acceptors (Lipinski definition) is 5. The number of nitrogens with one attached hydrogen (secondary N) is 1. The van der Waals surface area contributed by atoms with E-state index in [0.717, 1.165) is 13.0 Å². The second kappa shape index (κ2) is 11.8. The molecule has 1 fully saturated rings. The van der Waals surface area contributed by atoms with Gasteiger partial charge in [0.05, 0.1) is 21.9 Å². The topological polar surface area (TPSA) is 90.3 Å². The number of halogens is 6. The molecule has 7 nitrogen and oxygen atoms in total. The SMILES string of the molecule is C[C@H](Cc1ccc(-c2c(Cl)c(C(=O)NCC3CCC(S(C)(=O)=O)CC3)nn2C)c(OC(F)F)c1)C(F)(F)F. The van der Waals surface area contributed by atoms with Crippen LogP contribution in [-0.2, 0) is 23.3 Å². The zero-order chi connectivity index (χ0) is 28.4. The summed E-state index contributed by atoms with van der Waals surface area (Å²) in [4.78, 5) is 12.8. The Morgan fingerprint density at radius 3 is 2.42 bits per heavy atom. The van der Waals surface area contributed by atoms with E-state index in [-0.39, 0.29) is 45.2 Å². The smallest absolute Gasteiger partial charge is 0.391 e. The number of benzene rings is 1. The molecule has 1 atom stereocenters. The van der Waals surface area contributed by atoms with Crippen LogP contribution < -0.4 is 10.1 Å². The van der Waals surface area contributed by atoms with Crippen LogP contribution in [0.5, 0.6) is 5.75 Å². The minimum absolute atomic E-state index is 0.0341. The second-order valence-electron chi connectivity index (χ2n) is 9.67. The Bertz CT molecular complexity index is 1260. The van der Waals surface area contributed by atoms with Crippen LogP contribution in [0.4, 0.5) is 22.0 Å². The van der Waals surface area contributed by atoms with Crippen LogP contribution in [0.3, 0.4) is 0 Å². The minimum Gasteiger partial charge on any atom is -0.434 e. The number of carbonyl (C=O) groups is 1. The molecule has 0 saturated heterocycles. The molecule has 212 valence electrons. The molecular weight excluding hydrogens is 557 g/mol. The van der Waals surface area contributed by atoms with E-state index in [1.165, 1.54) is 30.1 Å². The highest BCUT2D eigenvalue weighted by Gasteiger charge is 2.36. The molecule has 0 aliphatic heterocycles. The van der Waals surface area contributed by atoms with Gasteiger partial charge >= 0.3 is 12.8 Å². The van der Waals surface area contributed by atoms with Crippen molar-refractivity contribution in [3.63, 3.8) is 0 Å². The quantitative estimate of drug-likeness (QED) is 0.397. The van der Waals surface area contributed by atoms with Crippen molar-refractivity contribution in [1.29, 1.82) is 0 Å². The molecule has 0 unspecified atom stereocenters. The van der Waals surface area contributed by atoms with Crippen LogP contribution in [-0.4, -0.2) is 54.9 Å². The zero-order valence-electron chi connectivity index (χ0n) is 21.0. The first-order valence-corrected chi connectivity index (χ1v) is 14.3. The van der Waals surface area contributed by atoms with Gasteiger partial charge in [-0.1, -0.05) is 24.6 Å². The van der Waals surface area contributed by atoms with Gasteiger partial charge in [0.15, 0.2) is 5.69 Å². The number of ether oxygens (including phenoxy) is 1. The summed E-state index contributed by atoms with van der Waals surface area (Å²) in [6.45, 7) is -1.98. The average Bonchev–Trinajstić information content (AvgIpc) is 3.10. The number of nitrogens with zero attached hydrogens (tertiary/aromatic N) is 2. The van der Waals surface area contributed by atoms with Crippen LogP contribution in [0.2, 0.25) is 5.02 Å². The number of amides is 1. The molecule has 38 heavy (non-hydrogen) atoms. The maximum Gasteiger partial charge on any atom is 0.391 e. The molecular formula is C24H29ClF5N3O4S. The fraction of sp³-hybridized carbons (Fsp3) is 0.583. The normalized spacial score (nSPS) is 19.4. The maximum atomic E-state index is 13.1. The van der Waals surface area contributed by atoms with Crippen molar-refractivity contribution in [2.45, 2.75) is 57.1 Å². The van der Waals surface area contributed by atoms with Crippen molar-refractivity contribution >= 4 is 27.3 Å².